The molecule has 0 bridgehead atoms. The van der Waals surface area contributed by atoms with Crippen molar-refractivity contribution >= 4 is 96.2 Å². The van der Waals surface area contributed by atoms with Gasteiger partial charge in [0, 0.05) is 11.1 Å². The molecule has 6 rings (SSSR count). The molecule has 0 unspecified atom stereocenters. The van der Waals surface area contributed by atoms with Crippen LogP contribution in [0.5, 0.6) is 0 Å². The van der Waals surface area contributed by atoms with Crippen LogP contribution < -0.4 is 11.5 Å². The van der Waals surface area contributed by atoms with E-state index in [0.29, 0.717) is 37.4 Å². The van der Waals surface area contributed by atoms with Gasteiger partial charge in [0.25, 0.3) is 30.4 Å². The number of aromatic nitrogens is 2. The van der Waals surface area contributed by atoms with E-state index < -0.39 is 57.2 Å². The first-order valence-electron chi connectivity index (χ1n) is 12.9. The quantitative estimate of drug-likeness (QED) is 0.0731. The number of nitrogen functional groups attached to an aromatic ring is 2. The summed E-state index contributed by atoms with van der Waals surface area (Å²) >= 11 is 2.67. The summed E-state index contributed by atoms with van der Waals surface area (Å²) in [5, 5.41) is 8.96. The highest BCUT2D eigenvalue weighted by molar-refractivity contribution is 7.87. The monoisotopic (exact) mass is 732 g/mol. The van der Waals surface area contributed by atoms with Crippen molar-refractivity contribution in [2.45, 2.75) is 21.6 Å². The zero-order chi connectivity index (χ0) is 34.1. The van der Waals surface area contributed by atoms with Crippen LogP contribution in [0.3, 0.4) is 0 Å². The van der Waals surface area contributed by atoms with Crippen LogP contribution in [0.15, 0.2) is 85.6 Å². The Morgan fingerprint density at radius 2 is 1.23 bits per heavy atom. The van der Waals surface area contributed by atoms with Crippen molar-refractivity contribution in [3.05, 3.63) is 66.2 Å². The highest BCUT2D eigenvalue weighted by Gasteiger charge is 2.27. The molecule has 7 N–H and O–H groups in total. The van der Waals surface area contributed by atoms with Crippen LogP contribution in [0.4, 0.5) is 22.7 Å². The van der Waals surface area contributed by atoms with Gasteiger partial charge in [-0.3, -0.25) is 13.7 Å². The standard InChI is InChI=1S/C27H20N6O9S5/c1-12-2-9-17-23(25(12)47(40,41)42)31-27(43-17)14-5-8-16-18(10-14)44-26(30-16)13-3-6-15(7-4-13)32-33-24-21(28)19(45(34,35)36)11-20(22(24)29)46(37,38)39/h2-11H,28-29H2,1H3,(H,34,35,36)(H,37,38,39)(H,40,41,42). The second kappa shape index (κ2) is 11.4. The third-order valence-electron chi connectivity index (χ3n) is 6.84. The van der Waals surface area contributed by atoms with Crippen LogP contribution in [0.1, 0.15) is 5.56 Å². The maximum Gasteiger partial charge on any atom is 0.296 e. The number of hydrogen-bond donors (Lipinski definition) is 5. The summed E-state index contributed by atoms with van der Waals surface area (Å²) in [5.74, 6) is 0. The zero-order valence-corrected chi connectivity index (χ0v) is 27.6. The molecule has 0 aliphatic carbocycles. The molecule has 242 valence electrons. The molecule has 20 heteroatoms. The Bertz CT molecular complexity index is 2580. The molecule has 47 heavy (non-hydrogen) atoms. The molecule has 0 amide bonds. The van der Waals surface area contributed by atoms with Gasteiger partial charge in [0.05, 0.1) is 32.0 Å². The summed E-state index contributed by atoms with van der Waals surface area (Å²) in [6.45, 7) is 1.58. The van der Waals surface area contributed by atoms with E-state index in [4.69, 9.17) is 11.5 Å². The minimum atomic E-state index is -5.02. The van der Waals surface area contributed by atoms with E-state index >= 15 is 0 Å². The predicted octanol–water partition coefficient (Wildman–Crippen LogP) is 5.87. The van der Waals surface area contributed by atoms with Gasteiger partial charge in [-0.25, -0.2) is 9.97 Å². The van der Waals surface area contributed by atoms with Gasteiger partial charge in [0.2, 0.25) is 0 Å². The number of hydrogen-bond acceptors (Lipinski definition) is 14. The van der Waals surface area contributed by atoms with Crippen LogP contribution in [0.25, 0.3) is 41.6 Å². The van der Waals surface area contributed by atoms with Gasteiger partial charge in [0.15, 0.2) is 0 Å². The van der Waals surface area contributed by atoms with E-state index in [0.717, 1.165) is 10.3 Å². The first-order chi connectivity index (χ1) is 21.9. The molecule has 15 nitrogen and oxygen atoms in total. The Hall–Kier alpha value is -4.41. The number of benzene rings is 4. The molecule has 0 saturated carbocycles. The van der Waals surface area contributed by atoms with Gasteiger partial charge in [-0.15, -0.1) is 27.8 Å². The number of anilines is 2. The maximum atomic E-state index is 12.0. The Labute approximate surface area is 274 Å². The Morgan fingerprint density at radius 3 is 1.83 bits per heavy atom. The molecule has 0 radical (unpaired) electrons. The lowest BCUT2D eigenvalue weighted by molar-refractivity contribution is 0.479. The van der Waals surface area contributed by atoms with E-state index in [2.05, 4.69) is 20.2 Å². The normalized spacial score (nSPS) is 12.9. The highest BCUT2D eigenvalue weighted by Crippen LogP contribution is 2.41. The minimum Gasteiger partial charge on any atom is -0.396 e. The average Bonchev–Trinajstić information content (AvgIpc) is 3.59. The molecular formula is C27H20N6O9S5. The maximum absolute atomic E-state index is 12.0. The summed E-state index contributed by atoms with van der Waals surface area (Å²) in [6, 6.07) is 15.8. The van der Waals surface area contributed by atoms with E-state index in [1.165, 1.54) is 22.7 Å². The van der Waals surface area contributed by atoms with Gasteiger partial charge in [-0.05, 0) is 67.1 Å². The van der Waals surface area contributed by atoms with Gasteiger partial charge in [-0.1, -0.05) is 6.07 Å². The number of thiazole rings is 2. The van der Waals surface area contributed by atoms with Gasteiger partial charge in [0.1, 0.15) is 35.9 Å². The minimum absolute atomic E-state index is 0.199. The molecule has 4 aromatic carbocycles. The number of nitrogens with zero attached hydrogens (tertiary/aromatic N) is 4. The fourth-order valence-electron chi connectivity index (χ4n) is 4.67. The first kappa shape index (κ1) is 32.5. The van der Waals surface area contributed by atoms with Crippen molar-refractivity contribution in [2.75, 3.05) is 11.5 Å². The number of fused-ring (bicyclic) bond motifs is 2. The summed E-state index contributed by atoms with van der Waals surface area (Å²) in [6.07, 6.45) is 0. The zero-order valence-electron chi connectivity index (χ0n) is 23.5. The summed E-state index contributed by atoms with van der Waals surface area (Å²) < 4.78 is 101. The van der Waals surface area contributed by atoms with E-state index in [1.807, 2.05) is 18.2 Å². The largest absolute Gasteiger partial charge is 0.396 e. The molecule has 2 heterocycles. The van der Waals surface area contributed by atoms with Crippen LogP contribution in [-0.2, 0) is 30.4 Å². The number of nitrogens with two attached hydrogens (primary N) is 2. The highest BCUT2D eigenvalue weighted by atomic mass is 32.2. The average molecular weight is 733 g/mol. The van der Waals surface area contributed by atoms with Crippen molar-refractivity contribution in [1.29, 1.82) is 0 Å². The molecule has 0 atom stereocenters. The summed E-state index contributed by atoms with van der Waals surface area (Å²) in [4.78, 5) is 6.92. The lowest BCUT2D eigenvalue weighted by atomic mass is 10.2. The Morgan fingerprint density at radius 1 is 0.660 bits per heavy atom. The van der Waals surface area contributed by atoms with Crippen molar-refractivity contribution in [2.24, 2.45) is 10.2 Å². The predicted molar refractivity (Wildman–Crippen MR) is 177 cm³/mol. The van der Waals surface area contributed by atoms with Gasteiger partial charge < -0.3 is 11.5 Å². The molecule has 6 aromatic rings. The van der Waals surface area contributed by atoms with Crippen LogP contribution in [0, 0.1) is 6.92 Å². The second-order valence-corrected chi connectivity index (χ2v) is 16.2. The van der Waals surface area contributed by atoms with Crippen LogP contribution in [-0.4, -0.2) is 48.9 Å². The van der Waals surface area contributed by atoms with E-state index in [9.17, 15) is 38.9 Å². The lowest BCUT2D eigenvalue weighted by Gasteiger charge is -2.11. The smallest absolute Gasteiger partial charge is 0.296 e. The molecule has 0 aliphatic heterocycles. The molecule has 2 aromatic heterocycles. The first-order valence-corrected chi connectivity index (χ1v) is 18.8. The third-order valence-corrected chi connectivity index (χ3v) is 11.8. The van der Waals surface area contributed by atoms with E-state index in [1.54, 1.807) is 43.3 Å². The number of azo groups is 1. The summed E-state index contributed by atoms with van der Waals surface area (Å²) in [5.41, 5.74) is 12.6. The fourth-order valence-corrected chi connectivity index (χ4v) is 8.94. The topological polar surface area (TPSA) is 266 Å². The number of aryl methyl sites for hydroxylation is 1. The summed E-state index contributed by atoms with van der Waals surface area (Å²) in [7, 11) is -14.5. The molecule has 0 fully saturated rings. The van der Waals surface area contributed by atoms with Gasteiger partial charge in [-0.2, -0.15) is 30.4 Å². The Balaban J connectivity index is 1.31. The SMILES string of the molecule is Cc1ccc2sc(-c3ccc4nc(-c5ccc(N=Nc6c(N)c(S(=O)(=O)O)cc(S(=O)(=O)O)c6N)cc5)sc4c3)nc2c1S(=O)(=O)O. The Kier molecular flexibility index (Phi) is 7.88. The molecule has 0 aliphatic rings. The lowest BCUT2D eigenvalue weighted by Crippen LogP contribution is -2.10. The van der Waals surface area contributed by atoms with Gasteiger partial charge >= 0.3 is 0 Å². The third kappa shape index (κ3) is 6.19. The van der Waals surface area contributed by atoms with Crippen molar-refractivity contribution in [1.82, 2.24) is 9.97 Å². The molecule has 0 saturated heterocycles. The van der Waals surface area contributed by atoms with Crippen LogP contribution in [0.2, 0.25) is 0 Å². The second-order valence-electron chi connectivity index (χ2n) is 10.00. The van der Waals surface area contributed by atoms with Crippen molar-refractivity contribution in [3.63, 3.8) is 0 Å². The van der Waals surface area contributed by atoms with Crippen molar-refractivity contribution < 1.29 is 38.9 Å². The molecule has 0 spiro atoms. The number of rotatable bonds is 7. The van der Waals surface area contributed by atoms with Crippen LogP contribution >= 0.6 is 22.7 Å². The molecular weight excluding hydrogens is 713 g/mol. The van der Waals surface area contributed by atoms with E-state index in [-0.39, 0.29) is 16.1 Å². The van der Waals surface area contributed by atoms with Crippen molar-refractivity contribution in [3.8, 4) is 21.1 Å². The fraction of sp³-hybridized carbons (Fsp3) is 0.0370.